The van der Waals surface area contributed by atoms with Gasteiger partial charge in [-0.15, -0.1) is 0 Å². The van der Waals surface area contributed by atoms with Crippen LogP contribution in [0.25, 0.3) is 0 Å². The molecule has 0 aromatic carbocycles. The van der Waals surface area contributed by atoms with E-state index in [9.17, 15) is 4.79 Å². The Kier molecular flexibility index (Phi) is 3.32. The third kappa shape index (κ3) is 3.04. The lowest BCUT2D eigenvalue weighted by molar-refractivity contribution is -0.116. The maximum atomic E-state index is 11.4. The van der Waals surface area contributed by atoms with E-state index in [-0.39, 0.29) is 11.9 Å². The van der Waals surface area contributed by atoms with Gasteiger partial charge in [-0.05, 0) is 17.5 Å². The molecule has 82 valence electrons. The minimum Gasteiger partial charge on any atom is -0.341 e. The quantitative estimate of drug-likeness (QED) is 0.823. The molecule has 1 aromatic heterocycles. The van der Waals surface area contributed by atoms with Crippen molar-refractivity contribution in [2.75, 3.05) is 5.32 Å². The van der Waals surface area contributed by atoms with Crippen LogP contribution in [0.2, 0.25) is 0 Å². The van der Waals surface area contributed by atoms with Crippen LogP contribution in [0.5, 0.6) is 0 Å². The summed E-state index contributed by atoms with van der Waals surface area (Å²) in [4.78, 5) is 15.2. The molecule has 1 aromatic rings. The van der Waals surface area contributed by atoms with Crippen molar-refractivity contribution in [1.82, 2.24) is 10.1 Å². The summed E-state index contributed by atoms with van der Waals surface area (Å²) in [5.74, 6) is 0.968. The Balaban J connectivity index is 1.68. The van der Waals surface area contributed by atoms with E-state index in [1.54, 1.807) is 0 Å². The maximum absolute atomic E-state index is 11.4. The lowest BCUT2D eigenvalue weighted by Crippen LogP contribution is -2.13. The number of amides is 1. The van der Waals surface area contributed by atoms with Gasteiger partial charge in [0.15, 0.2) is 0 Å². The van der Waals surface area contributed by atoms with Crippen molar-refractivity contribution >= 4 is 11.9 Å². The summed E-state index contributed by atoms with van der Waals surface area (Å²) in [6, 6.07) is 0. The van der Waals surface area contributed by atoms with Crippen LogP contribution in [-0.2, 0) is 4.79 Å². The summed E-state index contributed by atoms with van der Waals surface area (Å²) in [7, 11) is 0. The van der Waals surface area contributed by atoms with Crippen molar-refractivity contribution in [2.24, 2.45) is 5.92 Å². The molecule has 1 aliphatic rings. The maximum Gasteiger partial charge on any atom is 0.269 e. The van der Waals surface area contributed by atoms with Crippen LogP contribution in [0.4, 0.5) is 5.95 Å². The van der Waals surface area contributed by atoms with E-state index in [1.165, 1.54) is 32.1 Å². The van der Waals surface area contributed by atoms with Gasteiger partial charge in [0.2, 0.25) is 12.3 Å². The third-order valence-corrected chi connectivity index (χ3v) is 2.87. The fourth-order valence-electron chi connectivity index (χ4n) is 2.05. The van der Waals surface area contributed by atoms with Crippen molar-refractivity contribution in [2.45, 2.75) is 38.5 Å². The van der Waals surface area contributed by atoms with Gasteiger partial charge >= 0.3 is 0 Å². The van der Waals surface area contributed by atoms with E-state index in [2.05, 4.69) is 20.0 Å². The SMILES string of the molecule is O=C(CCC1CCCC1)Nc1ncon1. The minimum atomic E-state index is -0.0247. The van der Waals surface area contributed by atoms with Gasteiger partial charge < -0.3 is 4.52 Å². The molecule has 1 saturated carbocycles. The summed E-state index contributed by atoms with van der Waals surface area (Å²) < 4.78 is 4.52. The first kappa shape index (κ1) is 10.1. The van der Waals surface area contributed by atoms with Gasteiger partial charge in [-0.3, -0.25) is 10.1 Å². The fraction of sp³-hybridized carbons (Fsp3) is 0.700. The van der Waals surface area contributed by atoms with Gasteiger partial charge in [-0.2, -0.15) is 4.98 Å². The monoisotopic (exact) mass is 209 g/mol. The van der Waals surface area contributed by atoms with Gasteiger partial charge in [0.1, 0.15) is 0 Å². The molecular formula is C10H15N3O2. The Morgan fingerprint density at radius 1 is 1.53 bits per heavy atom. The Labute approximate surface area is 88.2 Å². The summed E-state index contributed by atoms with van der Waals surface area (Å²) in [6.07, 6.45) is 7.91. The highest BCUT2D eigenvalue weighted by Crippen LogP contribution is 2.28. The van der Waals surface area contributed by atoms with Crippen molar-refractivity contribution < 1.29 is 9.32 Å². The molecule has 0 unspecified atom stereocenters. The van der Waals surface area contributed by atoms with Crippen LogP contribution in [0.3, 0.4) is 0 Å². The van der Waals surface area contributed by atoms with Crippen LogP contribution < -0.4 is 5.32 Å². The van der Waals surface area contributed by atoms with Crippen LogP contribution in [0.15, 0.2) is 10.9 Å². The minimum absolute atomic E-state index is 0.0247. The Bertz CT molecular complexity index is 304. The van der Waals surface area contributed by atoms with Gasteiger partial charge in [0.05, 0.1) is 0 Å². The molecular weight excluding hydrogens is 194 g/mol. The molecule has 0 saturated heterocycles. The standard InChI is InChI=1S/C10H15N3O2/c14-9(12-10-11-7-15-13-10)6-5-8-3-1-2-4-8/h7-8H,1-6H2,(H,12,13,14). The lowest BCUT2D eigenvalue weighted by Gasteiger charge is -2.06. The average Bonchev–Trinajstić information content (AvgIpc) is 2.86. The van der Waals surface area contributed by atoms with Crippen molar-refractivity contribution in [3.8, 4) is 0 Å². The average molecular weight is 209 g/mol. The second-order valence-corrected chi connectivity index (χ2v) is 3.99. The van der Waals surface area contributed by atoms with Gasteiger partial charge in [0.25, 0.3) is 5.95 Å². The van der Waals surface area contributed by atoms with E-state index in [4.69, 9.17) is 0 Å². The first-order chi connectivity index (χ1) is 7.34. The second kappa shape index (κ2) is 4.91. The molecule has 0 atom stereocenters. The molecule has 15 heavy (non-hydrogen) atoms. The van der Waals surface area contributed by atoms with Crippen molar-refractivity contribution in [3.05, 3.63) is 6.39 Å². The summed E-state index contributed by atoms with van der Waals surface area (Å²) in [5.41, 5.74) is 0. The van der Waals surface area contributed by atoms with E-state index in [0.29, 0.717) is 6.42 Å². The first-order valence-electron chi connectivity index (χ1n) is 5.41. The third-order valence-electron chi connectivity index (χ3n) is 2.87. The Morgan fingerprint density at radius 2 is 2.33 bits per heavy atom. The van der Waals surface area contributed by atoms with Gasteiger partial charge in [-0.1, -0.05) is 25.7 Å². The van der Waals surface area contributed by atoms with E-state index < -0.39 is 0 Å². The predicted molar refractivity (Wildman–Crippen MR) is 54.1 cm³/mol. The molecule has 0 bridgehead atoms. The molecule has 2 rings (SSSR count). The number of hydrogen-bond donors (Lipinski definition) is 1. The molecule has 1 N–H and O–H groups in total. The number of anilines is 1. The van der Waals surface area contributed by atoms with Gasteiger partial charge in [-0.25, -0.2) is 0 Å². The van der Waals surface area contributed by atoms with Crippen molar-refractivity contribution in [3.63, 3.8) is 0 Å². The highest BCUT2D eigenvalue weighted by molar-refractivity contribution is 5.88. The predicted octanol–water partition coefficient (Wildman–Crippen LogP) is 1.98. The largest absolute Gasteiger partial charge is 0.341 e. The van der Waals surface area contributed by atoms with Gasteiger partial charge in [0, 0.05) is 6.42 Å². The highest BCUT2D eigenvalue weighted by atomic mass is 16.5. The second-order valence-electron chi connectivity index (χ2n) is 3.99. The highest BCUT2D eigenvalue weighted by Gasteiger charge is 2.16. The Hall–Kier alpha value is -1.39. The molecule has 5 heteroatoms. The normalized spacial score (nSPS) is 16.8. The number of hydrogen-bond acceptors (Lipinski definition) is 4. The number of carbonyl (C=O) groups is 1. The van der Waals surface area contributed by atoms with E-state index in [0.717, 1.165) is 12.3 Å². The molecule has 1 fully saturated rings. The van der Waals surface area contributed by atoms with Crippen LogP contribution in [0.1, 0.15) is 38.5 Å². The molecule has 5 nitrogen and oxygen atoms in total. The fourth-order valence-corrected chi connectivity index (χ4v) is 2.05. The number of aromatic nitrogens is 2. The van der Waals surface area contributed by atoms with E-state index in [1.807, 2.05) is 0 Å². The first-order valence-corrected chi connectivity index (χ1v) is 5.41. The van der Waals surface area contributed by atoms with Crippen LogP contribution in [-0.4, -0.2) is 16.0 Å². The summed E-state index contributed by atoms with van der Waals surface area (Å²) >= 11 is 0. The van der Waals surface area contributed by atoms with Crippen LogP contribution >= 0.6 is 0 Å². The number of rotatable bonds is 4. The zero-order chi connectivity index (χ0) is 10.5. The molecule has 1 amide bonds. The molecule has 0 aliphatic heterocycles. The Morgan fingerprint density at radius 3 is 3.00 bits per heavy atom. The number of nitrogens with one attached hydrogen (secondary N) is 1. The topological polar surface area (TPSA) is 68.0 Å². The summed E-state index contributed by atoms with van der Waals surface area (Å²) in [5, 5.41) is 6.11. The molecule has 1 heterocycles. The zero-order valence-electron chi connectivity index (χ0n) is 8.61. The smallest absolute Gasteiger partial charge is 0.269 e. The van der Waals surface area contributed by atoms with Crippen molar-refractivity contribution in [1.29, 1.82) is 0 Å². The summed E-state index contributed by atoms with van der Waals surface area (Å²) in [6.45, 7) is 0. The zero-order valence-corrected chi connectivity index (χ0v) is 8.61. The molecule has 1 aliphatic carbocycles. The molecule has 0 radical (unpaired) electrons. The van der Waals surface area contributed by atoms with Crippen LogP contribution in [0, 0.1) is 5.92 Å². The number of nitrogens with zero attached hydrogens (tertiary/aromatic N) is 2. The molecule has 0 spiro atoms. The van der Waals surface area contributed by atoms with E-state index >= 15 is 0 Å². The number of carbonyl (C=O) groups excluding carboxylic acids is 1. The lowest BCUT2D eigenvalue weighted by atomic mass is 10.0.